The van der Waals surface area contributed by atoms with Crippen molar-refractivity contribution in [2.75, 3.05) is 6.61 Å². The Labute approximate surface area is 98.0 Å². The summed E-state index contributed by atoms with van der Waals surface area (Å²) in [6.45, 7) is 3.94. The Morgan fingerprint density at radius 1 is 1.59 bits per heavy atom. The van der Waals surface area contributed by atoms with Crippen molar-refractivity contribution in [1.29, 1.82) is 0 Å². The molecule has 2 aromatic heterocycles. The van der Waals surface area contributed by atoms with Crippen LogP contribution in [0.3, 0.4) is 0 Å². The first-order valence-electron chi connectivity index (χ1n) is 5.18. The van der Waals surface area contributed by atoms with Crippen LogP contribution in [-0.4, -0.2) is 27.1 Å². The van der Waals surface area contributed by atoms with Crippen molar-refractivity contribution in [2.45, 2.75) is 6.42 Å². The second-order valence-electron chi connectivity index (χ2n) is 3.43. The van der Waals surface area contributed by atoms with Crippen LogP contribution in [0.5, 0.6) is 5.88 Å². The number of carboxylic acids is 1. The molecular formula is C12H12N2O3. The van der Waals surface area contributed by atoms with E-state index in [1.54, 1.807) is 30.5 Å². The lowest BCUT2D eigenvalue weighted by atomic mass is 10.4. The highest BCUT2D eigenvalue weighted by Gasteiger charge is 2.19. The summed E-state index contributed by atoms with van der Waals surface area (Å²) in [5.74, 6) is -0.914. The second kappa shape index (κ2) is 4.69. The molecule has 2 rings (SSSR count). The minimum Gasteiger partial charge on any atom is -0.476 e. The minimum absolute atomic E-state index is 0.0460. The molecule has 1 N–H and O–H groups in total. The van der Waals surface area contributed by atoms with E-state index in [0.717, 1.165) is 0 Å². The molecule has 0 aromatic carbocycles. The Morgan fingerprint density at radius 2 is 2.41 bits per heavy atom. The number of carbonyl (C=O) groups is 1. The number of carboxylic acid groups (broad SMARTS) is 1. The number of hydrogen-bond donors (Lipinski definition) is 1. The van der Waals surface area contributed by atoms with E-state index in [1.807, 2.05) is 0 Å². The number of ether oxygens (including phenoxy) is 1. The van der Waals surface area contributed by atoms with Gasteiger partial charge in [-0.3, -0.25) is 4.40 Å². The lowest BCUT2D eigenvalue weighted by Crippen LogP contribution is -2.05. The molecule has 0 spiro atoms. The molecule has 0 aliphatic heterocycles. The van der Waals surface area contributed by atoms with Gasteiger partial charge in [0.1, 0.15) is 5.65 Å². The van der Waals surface area contributed by atoms with Crippen molar-refractivity contribution in [1.82, 2.24) is 9.38 Å². The first-order valence-corrected chi connectivity index (χ1v) is 5.18. The number of imidazole rings is 1. The van der Waals surface area contributed by atoms with Crippen LogP contribution in [0.15, 0.2) is 37.1 Å². The van der Waals surface area contributed by atoms with Gasteiger partial charge in [0.25, 0.3) is 0 Å². The zero-order chi connectivity index (χ0) is 12.3. The molecule has 2 aromatic rings. The smallest absolute Gasteiger partial charge is 0.358 e. The van der Waals surface area contributed by atoms with Crippen LogP contribution in [0.1, 0.15) is 16.9 Å². The maximum absolute atomic E-state index is 11.2. The third-order valence-corrected chi connectivity index (χ3v) is 2.26. The highest BCUT2D eigenvalue weighted by molar-refractivity contribution is 5.89. The molecule has 0 aliphatic carbocycles. The fraction of sp³-hybridized carbons (Fsp3) is 0.167. The Morgan fingerprint density at radius 3 is 3.12 bits per heavy atom. The third-order valence-electron chi connectivity index (χ3n) is 2.26. The molecule has 17 heavy (non-hydrogen) atoms. The predicted molar refractivity (Wildman–Crippen MR) is 62.5 cm³/mol. The Bertz CT molecular complexity index is 560. The van der Waals surface area contributed by atoms with Crippen molar-refractivity contribution in [3.63, 3.8) is 0 Å². The van der Waals surface area contributed by atoms with Gasteiger partial charge >= 0.3 is 5.97 Å². The number of aromatic nitrogens is 2. The van der Waals surface area contributed by atoms with Crippen LogP contribution in [-0.2, 0) is 0 Å². The molecule has 2 heterocycles. The topological polar surface area (TPSA) is 63.8 Å². The summed E-state index contributed by atoms with van der Waals surface area (Å²) < 4.78 is 6.83. The fourth-order valence-corrected chi connectivity index (χ4v) is 1.51. The van der Waals surface area contributed by atoms with Crippen LogP contribution < -0.4 is 4.74 Å². The van der Waals surface area contributed by atoms with Gasteiger partial charge in [-0.1, -0.05) is 12.1 Å². The van der Waals surface area contributed by atoms with Crippen molar-refractivity contribution in [2.24, 2.45) is 0 Å². The van der Waals surface area contributed by atoms with Crippen molar-refractivity contribution >= 4 is 11.6 Å². The standard InChI is InChI=1S/C12H12N2O3/c1-2-3-8-17-11-10(12(15)16)14-7-5-4-6-9(14)13-11/h2,4-7H,1,3,8H2,(H,15,16). The number of aromatic carboxylic acids is 1. The van der Waals surface area contributed by atoms with E-state index in [-0.39, 0.29) is 11.6 Å². The number of nitrogens with zero attached hydrogens (tertiary/aromatic N) is 2. The first-order chi connectivity index (χ1) is 8.24. The zero-order valence-corrected chi connectivity index (χ0v) is 9.17. The number of hydrogen-bond acceptors (Lipinski definition) is 3. The van der Waals surface area contributed by atoms with E-state index in [0.29, 0.717) is 18.7 Å². The highest BCUT2D eigenvalue weighted by atomic mass is 16.5. The van der Waals surface area contributed by atoms with Crippen LogP contribution >= 0.6 is 0 Å². The lowest BCUT2D eigenvalue weighted by molar-refractivity contribution is 0.0684. The van der Waals surface area contributed by atoms with E-state index in [9.17, 15) is 4.79 Å². The molecule has 0 amide bonds. The van der Waals surface area contributed by atoms with E-state index in [1.165, 1.54) is 4.40 Å². The van der Waals surface area contributed by atoms with Gasteiger partial charge in [0, 0.05) is 6.20 Å². The van der Waals surface area contributed by atoms with Crippen molar-refractivity contribution in [3.05, 3.63) is 42.7 Å². The molecular weight excluding hydrogens is 220 g/mol. The zero-order valence-electron chi connectivity index (χ0n) is 9.17. The molecule has 0 fully saturated rings. The van der Waals surface area contributed by atoms with Gasteiger partial charge in [-0.05, 0) is 18.6 Å². The van der Waals surface area contributed by atoms with Gasteiger partial charge < -0.3 is 9.84 Å². The van der Waals surface area contributed by atoms with E-state index < -0.39 is 5.97 Å². The quantitative estimate of drug-likeness (QED) is 0.632. The molecule has 0 saturated carbocycles. The second-order valence-corrected chi connectivity index (χ2v) is 3.43. The van der Waals surface area contributed by atoms with Crippen LogP contribution in [0, 0.1) is 0 Å². The highest BCUT2D eigenvalue weighted by Crippen LogP contribution is 2.19. The Balaban J connectivity index is 2.42. The van der Waals surface area contributed by atoms with E-state index in [2.05, 4.69) is 11.6 Å². The Kier molecular flexibility index (Phi) is 3.09. The minimum atomic E-state index is -1.06. The summed E-state index contributed by atoms with van der Waals surface area (Å²) >= 11 is 0. The van der Waals surface area contributed by atoms with Gasteiger partial charge in [0.2, 0.25) is 5.88 Å². The molecule has 0 bridgehead atoms. The van der Waals surface area contributed by atoms with Gasteiger partial charge in [0.05, 0.1) is 6.61 Å². The average molecular weight is 232 g/mol. The monoisotopic (exact) mass is 232 g/mol. The molecule has 0 atom stereocenters. The summed E-state index contributed by atoms with van der Waals surface area (Å²) in [5.41, 5.74) is 0.600. The molecule has 0 radical (unpaired) electrons. The van der Waals surface area contributed by atoms with Crippen LogP contribution in [0.4, 0.5) is 0 Å². The number of rotatable bonds is 5. The maximum atomic E-state index is 11.2. The van der Waals surface area contributed by atoms with E-state index >= 15 is 0 Å². The molecule has 0 unspecified atom stereocenters. The van der Waals surface area contributed by atoms with Crippen LogP contribution in [0.2, 0.25) is 0 Å². The lowest BCUT2D eigenvalue weighted by Gasteiger charge is -2.01. The number of pyridine rings is 1. The summed E-state index contributed by atoms with van der Waals surface area (Å²) in [4.78, 5) is 15.3. The van der Waals surface area contributed by atoms with Crippen molar-refractivity contribution < 1.29 is 14.6 Å². The summed E-state index contributed by atoms with van der Waals surface area (Å²) in [6, 6.07) is 5.27. The fourth-order valence-electron chi connectivity index (χ4n) is 1.51. The summed E-state index contributed by atoms with van der Waals surface area (Å²) in [7, 11) is 0. The molecule has 5 heteroatoms. The SMILES string of the molecule is C=CCCOc1nc2ccccn2c1C(=O)O. The van der Waals surface area contributed by atoms with Crippen molar-refractivity contribution in [3.8, 4) is 5.88 Å². The van der Waals surface area contributed by atoms with Gasteiger partial charge in [-0.25, -0.2) is 4.79 Å². The third kappa shape index (κ3) is 2.13. The van der Waals surface area contributed by atoms with E-state index in [4.69, 9.17) is 9.84 Å². The number of fused-ring (bicyclic) bond motifs is 1. The molecule has 0 aliphatic rings. The maximum Gasteiger partial charge on any atom is 0.358 e. The molecule has 88 valence electrons. The Hall–Kier alpha value is -2.30. The summed E-state index contributed by atoms with van der Waals surface area (Å²) in [5, 5.41) is 9.15. The average Bonchev–Trinajstić information content (AvgIpc) is 2.67. The van der Waals surface area contributed by atoms with Crippen LogP contribution in [0.25, 0.3) is 5.65 Å². The first kappa shape index (κ1) is 11.2. The largest absolute Gasteiger partial charge is 0.476 e. The predicted octanol–water partition coefficient (Wildman–Crippen LogP) is 1.99. The molecule has 5 nitrogen and oxygen atoms in total. The normalized spacial score (nSPS) is 10.4. The van der Waals surface area contributed by atoms with Gasteiger partial charge in [-0.15, -0.1) is 6.58 Å². The summed E-state index contributed by atoms with van der Waals surface area (Å²) in [6.07, 6.45) is 4.00. The molecule has 0 saturated heterocycles. The van der Waals surface area contributed by atoms with Gasteiger partial charge in [-0.2, -0.15) is 4.98 Å². The van der Waals surface area contributed by atoms with Gasteiger partial charge in [0.15, 0.2) is 5.69 Å².